The number of urea groups is 1. The maximum absolute atomic E-state index is 13.1. The minimum atomic E-state index is -3.99. The van der Waals surface area contributed by atoms with Gasteiger partial charge in [-0.1, -0.05) is 49.4 Å². The van der Waals surface area contributed by atoms with Gasteiger partial charge in [0.2, 0.25) is 0 Å². The van der Waals surface area contributed by atoms with Gasteiger partial charge in [0.05, 0.1) is 12.1 Å². The highest BCUT2D eigenvalue weighted by Gasteiger charge is 2.51. The molecule has 29 heavy (non-hydrogen) atoms. The molecule has 2 aliphatic heterocycles. The van der Waals surface area contributed by atoms with Crippen molar-refractivity contribution >= 4 is 27.9 Å². The van der Waals surface area contributed by atoms with Gasteiger partial charge in [-0.3, -0.25) is 14.5 Å². The van der Waals surface area contributed by atoms with Crippen molar-refractivity contribution in [2.45, 2.75) is 23.8 Å². The van der Waals surface area contributed by atoms with E-state index in [4.69, 9.17) is 0 Å². The lowest BCUT2D eigenvalue weighted by Crippen LogP contribution is -2.44. The molecular weight excluding hydrogens is 394 g/mol. The third-order valence-corrected chi connectivity index (χ3v) is 7.25. The van der Waals surface area contributed by atoms with Gasteiger partial charge in [0.15, 0.2) is 0 Å². The summed E-state index contributed by atoms with van der Waals surface area (Å²) >= 11 is 0. The number of rotatable bonds is 5. The molecule has 150 valence electrons. The highest BCUT2D eigenvalue weighted by molar-refractivity contribution is 7.90. The van der Waals surface area contributed by atoms with Crippen molar-refractivity contribution < 1.29 is 22.8 Å². The van der Waals surface area contributed by atoms with E-state index >= 15 is 0 Å². The summed E-state index contributed by atoms with van der Waals surface area (Å²) < 4.78 is 26.1. The molecule has 0 radical (unpaired) electrons. The summed E-state index contributed by atoms with van der Waals surface area (Å²) in [5.41, 5.74) is -0.452. The predicted molar refractivity (Wildman–Crippen MR) is 103 cm³/mol. The number of nitrogens with zero attached hydrogens (tertiary/aromatic N) is 2. The van der Waals surface area contributed by atoms with Crippen molar-refractivity contribution in [3.8, 4) is 0 Å². The average molecular weight is 413 g/mol. The monoisotopic (exact) mass is 413 g/mol. The molecule has 0 spiro atoms. The molecule has 0 aromatic heterocycles. The lowest BCUT2D eigenvalue weighted by Gasteiger charge is -2.26. The molecule has 2 aliphatic rings. The van der Waals surface area contributed by atoms with Crippen LogP contribution in [0.1, 0.15) is 29.3 Å². The maximum atomic E-state index is 13.1. The van der Waals surface area contributed by atoms with Gasteiger partial charge < -0.3 is 5.32 Å². The van der Waals surface area contributed by atoms with Crippen LogP contribution in [0.5, 0.6) is 0 Å². The van der Waals surface area contributed by atoms with Crippen molar-refractivity contribution in [3.05, 3.63) is 65.7 Å². The van der Waals surface area contributed by atoms with E-state index in [1.54, 1.807) is 43.3 Å². The minimum Gasteiger partial charge on any atom is -0.319 e. The third-order valence-electron chi connectivity index (χ3n) is 5.41. The Kier molecular flexibility index (Phi) is 4.42. The summed E-state index contributed by atoms with van der Waals surface area (Å²) in [5.74, 6) is -1.12. The highest BCUT2D eigenvalue weighted by Crippen LogP contribution is 2.33. The molecule has 1 fully saturated rings. The van der Waals surface area contributed by atoms with E-state index in [2.05, 4.69) is 5.32 Å². The molecule has 2 heterocycles. The Labute approximate surface area is 168 Å². The Morgan fingerprint density at radius 2 is 1.59 bits per heavy atom. The molecule has 8 nitrogen and oxygen atoms in total. The van der Waals surface area contributed by atoms with Crippen LogP contribution in [0.3, 0.4) is 0 Å². The van der Waals surface area contributed by atoms with Gasteiger partial charge in [0.25, 0.3) is 21.8 Å². The minimum absolute atomic E-state index is 0.0607. The zero-order chi connectivity index (χ0) is 20.8. The van der Waals surface area contributed by atoms with Crippen molar-refractivity contribution in [1.29, 1.82) is 0 Å². The second-order valence-electron chi connectivity index (χ2n) is 6.89. The van der Waals surface area contributed by atoms with E-state index in [-0.39, 0.29) is 23.5 Å². The Hall–Kier alpha value is -3.20. The van der Waals surface area contributed by atoms with E-state index in [1.165, 1.54) is 12.1 Å². The largest absolute Gasteiger partial charge is 0.325 e. The molecule has 1 saturated heterocycles. The number of sulfonamides is 1. The molecule has 9 heteroatoms. The average Bonchev–Trinajstić information content (AvgIpc) is 3.09. The van der Waals surface area contributed by atoms with E-state index in [0.29, 0.717) is 16.3 Å². The molecule has 0 unspecified atom stereocenters. The Bertz CT molecular complexity index is 1120. The van der Waals surface area contributed by atoms with Crippen molar-refractivity contribution in [2.24, 2.45) is 0 Å². The first-order chi connectivity index (χ1) is 13.8. The number of amides is 4. The fraction of sp³-hybridized carbons (Fsp3) is 0.250. The van der Waals surface area contributed by atoms with E-state index in [0.717, 1.165) is 4.90 Å². The lowest BCUT2D eigenvalue weighted by atomic mass is 9.87. The van der Waals surface area contributed by atoms with Crippen LogP contribution in [-0.4, -0.2) is 48.6 Å². The maximum Gasteiger partial charge on any atom is 0.325 e. The van der Waals surface area contributed by atoms with Gasteiger partial charge in [0, 0.05) is 6.54 Å². The number of imide groups is 1. The fourth-order valence-corrected chi connectivity index (χ4v) is 5.39. The number of benzene rings is 2. The van der Waals surface area contributed by atoms with Gasteiger partial charge in [-0.15, -0.1) is 0 Å². The highest BCUT2D eigenvalue weighted by atomic mass is 32.2. The van der Waals surface area contributed by atoms with Crippen molar-refractivity contribution in [2.75, 3.05) is 13.1 Å². The van der Waals surface area contributed by atoms with Crippen LogP contribution < -0.4 is 5.32 Å². The van der Waals surface area contributed by atoms with Crippen LogP contribution in [-0.2, 0) is 20.4 Å². The van der Waals surface area contributed by atoms with Gasteiger partial charge in [-0.05, 0) is 24.1 Å². The van der Waals surface area contributed by atoms with Gasteiger partial charge in [0.1, 0.15) is 10.4 Å². The van der Waals surface area contributed by atoms with Crippen LogP contribution in [0.4, 0.5) is 4.79 Å². The van der Waals surface area contributed by atoms with Crippen LogP contribution in [0.15, 0.2) is 59.5 Å². The zero-order valence-corrected chi connectivity index (χ0v) is 16.5. The quantitative estimate of drug-likeness (QED) is 0.752. The molecule has 1 atom stereocenters. The first kappa shape index (κ1) is 19.1. The van der Waals surface area contributed by atoms with Crippen molar-refractivity contribution in [3.63, 3.8) is 0 Å². The standard InChI is InChI=1S/C20H19N3O5S/c1-2-20(14-8-4-3-5-9-14)18(25)22(19(26)21-20)12-13-23-17(24)15-10-6-7-11-16(15)29(23,27)28/h3-11H,2,12-13H2,1H3,(H,21,26)/t20-/m1/s1. The first-order valence-electron chi connectivity index (χ1n) is 9.18. The van der Waals surface area contributed by atoms with E-state index < -0.39 is 33.4 Å². The number of nitrogens with one attached hydrogen (secondary N) is 1. The molecule has 0 aliphatic carbocycles. The van der Waals surface area contributed by atoms with Crippen LogP contribution >= 0.6 is 0 Å². The summed E-state index contributed by atoms with van der Waals surface area (Å²) in [5, 5.41) is 2.74. The van der Waals surface area contributed by atoms with Crippen LogP contribution in [0, 0.1) is 0 Å². The topological polar surface area (TPSA) is 104 Å². The predicted octanol–water partition coefficient (Wildman–Crippen LogP) is 1.69. The Balaban J connectivity index is 1.58. The number of hydrogen-bond acceptors (Lipinski definition) is 5. The molecule has 1 N–H and O–H groups in total. The van der Waals surface area contributed by atoms with Crippen LogP contribution in [0.2, 0.25) is 0 Å². The SMILES string of the molecule is CC[C@]1(c2ccccc2)NC(=O)N(CCN2C(=O)c3ccccc3S2(=O)=O)C1=O. The van der Waals surface area contributed by atoms with E-state index in [1.807, 2.05) is 6.07 Å². The lowest BCUT2D eigenvalue weighted by molar-refractivity contribution is -0.131. The molecule has 4 amide bonds. The summed E-state index contributed by atoms with van der Waals surface area (Å²) in [4.78, 5) is 39.1. The second-order valence-corrected chi connectivity index (χ2v) is 8.72. The normalized spacial score (nSPS) is 22.7. The summed E-state index contributed by atoms with van der Waals surface area (Å²) in [7, 11) is -3.99. The van der Waals surface area contributed by atoms with Crippen LogP contribution in [0.25, 0.3) is 0 Å². The molecule has 2 aromatic carbocycles. The number of carbonyl (C=O) groups is 3. The van der Waals surface area contributed by atoms with E-state index in [9.17, 15) is 22.8 Å². The first-order valence-corrected chi connectivity index (χ1v) is 10.6. The third kappa shape index (κ3) is 2.72. The summed E-state index contributed by atoms with van der Waals surface area (Å²) in [6.07, 6.45) is 0.338. The van der Waals surface area contributed by atoms with Gasteiger partial charge in [-0.25, -0.2) is 17.5 Å². The smallest absolute Gasteiger partial charge is 0.319 e. The molecular formula is C20H19N3O5S. The zero-order valence-electron chi connectivity index (χ0n) is 15.7. The molecule has 0 saturated carbocycles. The number of hydrogen-bond donors (Lipinski definition) is 1. The summed E-state index contributed by atoms with van der Waals surface area (Å²) in [6, 6.07) is 14.2. The Morgan fingerprint density at radius 3 is 2.24 bits per heavy atom. The van der Waals surface area contributed by atoms with Gasteiger partial charge in [-0.2, -0.15) is 0 Å². The number of carbonyl (C=O) groups excluding carboxylic acids is 3. The number of fused-ring (bicyclic) bond motifs is 1. The van der Waals surface area contributed by atoms with Gasteiger partial charge >= 0.3 is 6.03 Å². The second kappa shape index (κ2) is 6.70. The fourth-order valence-electron chi connectivity index (χ4n) is 3.83. The Morgan fingerprint density at radius 1 is 0.931 bits per heavy atom. The molecule has 4 rings (SSSR count). The summed E-state index contributed by atoms with van der Waals surface area (Å²) in [6.45, 7) is 1.27. The molecule has 2 aromatic rings. The molecule has 0 bridgehead atoms. The van der Waals surface area contributed by atoms with Crippen molar-refractivity contribution in [1.82, 2.24) is 14.5 Å².